The molecule has 0 saturated heterocycles. The number of phenols is 1. The molecule has 0 amide bonds. The molecule has 21 heavy (non-hydrogen) atoms. The van der Waals surface area contributed by atoms with Gasteiger partial charge in [-0.1, -0.05) is 17.7 Å². The molecule has 0 aliphatic rings. The number of phenolic OH excluding ortho intramolecular Hbond substituents is 1. The quantitative estimate of drug-likeness (QED) is 0.660. The van der Waals surface area contributed by atoms with Crippen LogP contribution in [0.3, 0.4) is 0 Å². The third-order valence-electron chi connectivity index (χ3n) is 2.89. The Morgan fingerprint density at radius 1 is 1.33 bits per heavy atom. The lowest BCUT2D eigenvalue weighted by Crippen LogP contribution is -2.19. The van der Waals surface area contributed by atoms with Crippen LogP contribution in [0.5, 0.6) is 5.75 Å². The summed E-state index contributed by atoms with van der Waals surface area (Å²) < 4.78 is 0. The Hall–Kier alpha value is -2.40. The van der Waals surface area contributed by atoms with Gasteiger partial charge in [0.15, 0.2) is 11.7 Å². The molecule has 0 fully saturated rings. The van der Waals surface area contributed by atoms with Gasteiger partial charge in [0, 0.05) is 18.3 Å². The highest BCUT2D eigenvalue weighted by Crippen LogP contribution is 2.22. The Balaban J connectivity index is 2.46. The van der Waals surface area contributed by atoms with Crippen LogP contribution in [0.1, 0.15) is 16.8 Å². The number of aryl methyl sites for hydroxylation is 1. The van der Waals surface area contributed by atoms with Crippen molar-refractivity contribution in [3.63, 3.8) is 0 Å². The minimum absolute atomic E-state index is 0.0364. The summed E-state index contributed by atoms with van der Waals surface area (Å²) in [6, 6.07) is 8.37. The SMILES string of the molecule is CN=C(N=C(N)c1ncccc1C)c1cc(Cl)ccc1O. The zero-order valence-corrected chi connectivity index (χ0v) is 12.5. The van der Waals surface area contributed by atoms with E-state index in [1.807, 2.05) is 19.1 Å². The highest BCUT2D eigenvalue weighted by atomic mass is 35.5. The van der Waals surface area contributed by atoms with Crippen molar-refractivity contribution >= 4 is 23.3 Å². The third-order valence-corrected chi connectivity index (χ3v) is 3.12. The predicted molar refractivity (Wildman–Crippen MR) is 85.3 cm³/mol. The van der Waals surface area contributed by atoms with Crippen molar-refractivity contribution in [1.29, 1.82) is 0 Å². The average molecular weight is 303 g/mol. The van der Waals surface area contributed by atoms with Crippen molar-refractivity contribution in [2.75, 3.05) is 7.05 Å². The first kappa shape index (κ1) is 15.0. The van der Waals surface area contributed by atoms with Crippen LogP contribution in [0.2, 0.25) is 5.02 Å². The van der Waals surface area contributed by atoms with E-state index in [2.05, 4.69) is 15.0 Å². The Kier molecular flexibility index (Phi) is 4.55. The van der Waals surface area contributed by atoms with Crippen LogP contribution in [-0.4, -0.2) is 28.8 Å². The molecule has 0 bridgehead atoms. The van der Waals surface area contributed by atoms with Gasteiger partial charge in [0.05, 0.1) is 5.56 Å². The minimum Gasteiger partial charge on any atom is -0.507 e. The fourth-order valence-electron chi connectivity index (χ4n) is 1.84. The summed E-state index contributed by atoms with van der Waals surface area (Å²) in [6.07, 6.45) is 1.64. The number of aliphatic imine (C=N–C) groups is 2. The number of halogens is 1. The van der Waals surface area contributed by atoms with Crippen LogP contribution in [0.4, 0.5) is 0 Å². The third kappa shape index (κ3) is 3.38. The number of nitrogens with zero attached hydrogens (tertiary/aromatic N) is 3. The number of rotatable bonds is 2. The predicted octanol–water partition coefficient (Wildman–Crippen LogP) is 2.53. The van der Waals surface area contributed by atoms with E-state index in [0.717, 1.165) is 5.56 Å². The summed E-state index contributed by atoms with van der Waals surface area (Å²) in [5, 5.41) is 10.4. The molecule has 1 aromatic carbocycles. The molecule has 6 heteroatoms. The van der Waals surface area contributed by atoms with E-state index in [9.17, 15) is 5.11 Å². The molecule has 5 nitrogen and oxygen atoms in total. The Bertz CT molecular complexity index is 725. The van der Waals surface area contributed by atoms with Crippen molar-refractivity contribution in [2.45, 2.75) is 6.92 Å². The number of amidine groups is 2. The number of aromatic nitrogens is 1. The molecule has 1 aromatic heterocycles. The minimum atomic E-state index is 0.0364. The lowest BCUT2D eigenvalue weighted by Gasteiger charge is -2.07. The average Bonchev–Trinajstić information content (AvgIpc) is 2.47. The maximum atomic E-state index is 9.91. The normalized spacial score (nSPS) is 12.5. The summed E-state index contributed by atoms with van der Waals surface area (Å²) in [7, 11) is 1.57. The number of aromatic hydroxyl groups is 1. The first-order valence-corrected chi connectivity index (χ1v) is 6.62. The number of hydrogen-bond donors (Lipinski definition) is 2. The van der Waals surface area contributed by atoms with Gasteiger partial charge in [-0.2, -0.15) is 0 Å². The molecule has 0 radical (unpaired) electrons. The number of pyridine rings is 1. The molecule has 0 atom stereocenters. The maximum absolute atomic E-state index is 9.91. The van der Waals surface area contributed by atoms with E-state index in [4.69, 9.17) is 17.3 Å². The molecule has 0 aliphatic carbocycles. The largest absolute Gasteiger partial charge is 0.507 e. The second-order valence-electron chi connectivity index (χ2n) is 4.37. The molecule has 0 spiro atoms. The van der Waals surface area contributed by atoms with Crippen molar-refractivity contribution < 1.29 is 5.11 Å². The summed E-state index contributed by atoms with van der Waals surface area (Å²) >= 11 is 5.94. The van der Waals surface area contributed by atoms with Gasteiger partial charge in [-0.3, -0.25) is 9.98 Å². The second-order valence-corrected chi connectivity index (χ2v) is 4.81. The fraction of sp³-hybridized carbons (Fsp3) is 0.133. The lowest BCUT2D eigenvalue weighted by atomic mass is 10.1. The van der Waals surface area contributed by atoms with Gasteiger partial charge in [0.2, 0.25) is 0 Å². The van der Waals surface area contributed by atoms with Gasteiger partial charge in [-0.15, -0.1) is 0 Å². The van der Waals surface area contributed by atoms with Crippen LogP contribution in [0, 0.1) is 6.92 Å². The highest BCUT2D eigenvalue weighted by Gasteiger charge is 2.11. The summed E-state index contributed by atoms with van der Waals surface area (Å²) in [5.41, 5.74) is 7.90. The van der Waals surface area contributed by atoms with Gasteiger partial charge >= 0.3 is 0 Å². The van der Waals surface area contributed by atoms with Crippen LogP contribution in [0.15, 0.2) is 46.5 Å². The molecule has 0 saturated carbocycles. The van der Waals surface area contributed by atoms with E-state index in [1.165, 1.54) is 6.07 Å². The summed E-state index contributed by atoms with van der Waals surface area (Å²) in [5.74, 6) is 0.555. The molecular weight excluding hydrogens is 288 g/mol. The molecular formula is C15H15ClN4O. The number of hydrogen-bond acceptors (Lipinski definition) is 3. The zero-order chi connectivity index (χ0) is 15.4. The van der Waals surface area contributed by atoms with Crippen molar-refractivity contribution in [3.8, 4) is 5.75 Å². The first-order chi connectivity index (χ1) is 10.0. The summed E-state index contributed by atoms with van der Waals surface area (Å²) in [4.78, 5) is 12.5. The molecule has 2 rings (SSSR count). The maximum Gasteiger partial charge on any atom is 0.160 e. The van der Waals surface area contributed by atoms with Crippen LogP contribution >= 0.6 is 11.6 Å². The summed E-state index contributed by atoms with van der Waals surface area (Å²) in [6.45, 7) is 1.89. The van der Waals surface area contributed by atoms with Gasteiger partial charge in [0.1, 0.15) is 11.4 Å². The van der Waals surface area contributed by atoms with Crippen LogP contribution < -0.4 is 5.73 Å². The highest BCUT2D eigenvalue weighted by molar-refractivity contribution is 6.31. The molecule has 1 heterocycles. The monoisotopic (exact) mass is 302 g/mol. The van der Waals surface area contributed by atoms with E-state index < -0.39 is 0 Å². The molecule has 3 N–H and O–H groups in total. The van der Waals surface area contributed by atoms with Crippen molar-refractivity contribution in [3.05, 3.63) is 58.4 Å². The van der Waals surface area contributed by atoms with Gasteiger partial charge < -0.3 is 10.8 Å². The van der Waals surface area contributed by atoms with Crippen molar-refractivity contribution in [1.82, 2.24) is 4.98 Å². The molecule has 2 aromatic rings. The zero-order valence-electron chi connectivity index (χ0n) is 11.7. The fourth-order valence-corrected chi connectivity index (χ4v) is 2.01. The number of benzene rings is 1. The van der Waals surface area contributed by atoms with E-state index in [1.54, 1.807) is 25.4 Å². The van der Waals surface area contributed by atoms with Gasteiger partial charge in [-0.25, -0.2) is 4.99 Å². The van der Waals surface area contributed by atoms with E-state index in [0.29, 0.717) is 16.3 Å². The second kappa shape index (κ2) is 6.37. The molecule has 108 valence electrons. The lowest BCUT2D eigenvalue weighted by molar-refractivity contribution is 0.474. The molecule has 0 aliphatic heterocycles. The smallest absolute Gasteiger partial charge is 0.160 e. The standard InChI is InChI=1S/C15H15ClN4O/c1-9-4-3-7-19-13(9)14(17)20-15(18-2)11-8-10(16)5-6-12(11)21/h3-8,21H,1-2H3,(H2,17,18,20). The topological polar surface area (TPSA) is 83.9 Å². The first-order valence-electron chi connectivity index (χ1n) is 6.24. The Morgan fingerprint density at radius 2 is 2.10 bits per heavy atom. The number of nitrogens with two attached hydrogens (primary N) is 1. The van der Waals surface area contributed by atoms with Crippen LogP contribution in [0.25, 0.3) is 0 Å². The van der Waals surface area contributed by atoms with Gasteiger partial charge in [-0.05, 0) is 36.8 Å². The van der Waals surface area contributed by atoms with Gasteiger partial charge in [0.25, 0.3) is 0 Å². The van der Waals surface area contributed by atoms with E-state index in [-0.39, 0.29) is 17.4 Å². The van der Waals surface area contributed by atoms with Crippen LogP contribution in [-0.2, 0) is 0 Å². The van der Waals surface area contributed by atoms with Crippen molar-refractivity contribution in [2.24, 2.45) is 15.7 Å². The Morgan fingerprint density at radius 3 is 2.76 bits per heavy atom. The molecule has 0 unspecified atom stereocenters. The van der Waals surface area contributed by atoms with E-state index >= 15 is 0 Å². The Labute approximate surface area is 127 Å².